The highest BCUT2D eigenvalue weighted by atomic mass is 32.1. The molecule has 0 aromatic carbocycles. The average Bonchev–Trinajstić information content (AvgIpc) is 3.36. The van der Waals surface area contributed by atoms with E-state index in [1.54, 1.807) is 11.3 Å². The zero-order chi connectivity index (χ0) is 17.1. The van der Waals surface area contributed by atoms with Crippen molar-refractivity contribution in [2.45, 2.75) is 45.2 Å². The summed E-state index contributed by atoms with van der Waals surface area (Å²) in [6.07, 6.45) is 3.74. The van der Waals surface area contributed by atoms with Gasteiger partial charge in [-0.1, -0.05) is 11.2 Å². The summed E-state index contributed by atoms with van der Waals surface area (Å²) in [7, 11) is 0. The summed E-state index contributed by atoms with van der Waals surface area (Å²) >= 11 is 1.57. The summed E-state index contributed by atoms with van der Waals surface area (Å²) in [5.41, 5.74) is 0. The van der Waals surface area contributed by atoms with Gasteiger partial charge in [0.05, 0.1) is 11.4 Å². The normalized spacial score (nSPS) is 13.1. The number of amides is 1. The molecule has 4 rings (SSSR count). The zero-order valence-electron chi connectivity index (χ0n) is 13.6. The summed E-state index contributed by atoms with van der Waals surface area (Å²) in [6.45, 7) is 1.37. The van der Waals surface area contributed by atoms with E-state index in [0.29, 0.717) is 37.5 Å². The monoisotopic (exact) mass is 358 g/mol. The van der Waals surface area contributed by atoms with Crippen LogP contribution in [0.15, 0.2) is 22.0 Å². The second kappa shape index (κ2) is 7.14. The molecule has 0 saturated carbocycles. The lowest BCUT2D eigenvalue weighted by atomic mass is 10.2. The van der Waals surface area contributed by atoms with Gasteiger partial charge in [0.1, 0.15) is 5.82 Å². The predicted molar refractivity (Wildman–Crippen MR) is 90.7 cm³/mol. The Balaban J connectivity index is 1.21. The average molecular weight is 358 g/mol. The number of hydrogen-bond donors (Lipinski definition) is 1. The lowest BCUT2D eigenvalue weighted by molar-refractivity contribution is -0.121. The van der Waals surface area contributed by atoms with E-state index in [4.69, 9.17) is 4.52 Å². The maximum atomic E-state index is 12.0. The second-order valence-corrected chi connectivity index (χ2v) is 6.85. The van der Waals surface area contributed by atoms with Gasteiger partial charge in [-0.05, 0) is 24.3 Å². The second-order valence-electron chi connectivity index (χ2n) is 5.91. The van der Waals surface area contributed by atoms with Gasteiger partial charge in [0.15, 0.2) is 5.82 Å². The van der Waals surface area contributed by atoms with Gasteiger partial charge in [-0.3, -0.25) is 4.79 Å². The Bertz CT molecular complexity index is 854. The van der Waals surface area contributed by atoms with E-state index in [-0.39, 0.29) is 5.91 Å². The topological polar surface area (TPSA) is 98.7 Å². The number of nitrogens with zero attached hydrogens (tertiary/aromatic N) is 5. The Kier molecular flexibility index (Phi) is 4.55. The molecule has 0 spiro atoms. The molecule has 1 amide bonds. The number of aromatic nitrogens is 5. The summed E-state index contributed by atoms with van der Waals surface area (Å²) in [5.74, 6) is 3.01. The molecule has 0 atom stereocenters. The molecule has 0 fully saturated rings. The van der Waals surface area contributed by atoms with Crippen LogP contribution >= 0.6 is 11.3 Å². The first-order valence-electron chi connectivity index (χ1n) is 8.34. The van der Waals surface area contributed by atoms with Crippen LogP contribution < -0.4 is 5.32 Å². The first kappa shape index (κ1) is 15.9. The quantitative estimate of drug-likeness (QED) is 0.693. The van der Waals surface area contributed by atoms with Crippen molar-refractivity contribution in [2.24, 2.45) is 0 Å². The molecule has 1 N–H and O–H groups in total. The van der Waals surface area contributed by atoms with E-state index in [9.17, 15) is 4.79 Å². The largest absolute Gasteiger partial charge is 0.349 e. The SMILES string of the molecule is O=C(CCCc1nc(-c2cccs2)no1)NCc1nnc2n1CCC2. The molecular formula is C16H18N6O2S. The van der Waals surface area contributed by atoms with Crippen LogP contribution in [0.2, 0.25) is 0 Å². The van der Waals surface area contributed by atoms with E-state index in [0.717, 1.165) is 35.9 Å². The number of carbonyl (C=O) groups excluding carboxylic acids is 1. The van der Waals surface area contributed by atoms with Crippen molar-refractivity contribution < 1.29 is 9.32 Å². The third-order valence-electron chi connectivity index (χ3n) is 4.13. The van der Waals surface area contributed by atoms with Crippen molar-refractivity contribution in [2.75, 3.05) is 0 Å². The third-order valence-corrected chi connectivity index (χ3v) is 5.00. The molecule has 0 unspecified atom stereocenters. The van der Waals surface area contributed by atoms with Crippen LogP contribution in [0.4, 0.5) is 0 Å². The summed E-state index contributed by atoms with van der Waals surface area (Å²) in [5, 5.41) is 17.1. The molecule has 1 aliphatic rings. The highest BCUT2D eigenvalue weighted by molar-refractivity contribution is 7.13. The Morgan fingerprint density at radius 2 is 2.36 bits per heavy atom. The standard InChI is InChI=1S/C16H18N6O2S/c23-14(17-10-13-20-19-12-5-2-8-22(12)13)6-1-7-15-18-16(21-24-15)11-4-3-9-25-11/h3-4,9H,1-2,5-8,10H2,(H,17,23). The number of hydrogen-bond acceptors (Lipinski definition) is 7. The molecule has 0 radical (unpaired) electrons. The Morgan fingerprint density at radius 3 is 3.24 bits per heavy atom. The summed E-state index contributed by atoms with van der Waals surface area (Å²) in [4.78, 5) is 17.3. The smallest absolute Gasteiger partial charge is 0.226 e. The van der Waals surface area contributed by atoms with Crippen molar-refractivity contribution in [1.82, 2.24) is 30.2 Å². The van der Waals surface area contributed by atoms with E-state index < -0.39 is 0 Å². The van der Waals surface area contributed by atoms with Gasteiger partial charge in [-0.15, -0.1) is 21.5 Å². The maximum absolute atomic E-state index is 12.0. The van der Waals surface area contributed by atoms with Crippen molar-refractivity contribution in [1.29, 1.82) is 0 Å². The molecule has 3 aromatic heterocycles. The number of nitrogens with one attached hydrogen (secondary N) is 1. The van der Waals surface area contributed by atoms with Gasteiger partial charge in [0.25, 0.3) is 0 Å². The molecule has 0 aliphatic carbocycles. The fourth-order valence-corrected chi connectivity index (χ4v) is 3.52. The highest BCUT2D eigenvalue weighted by Crippen LogP contribution is 2.21. The lowest BCUT2D eigenvalue weighted by Gasteiger charge is -2.05. The Labute approximate surface area is 148 Å². The van der Waals surface area contributed by atoms with Crippen LogP contribution in [-0.4, -0.2) is 30.8 Å². The van der Waals surface area contributed by atoms with Gasteiger partial charge >= 0.3 is 0 Å². The van der Waals surface area contributed by atoms with Crippen LogP contribution in [0.5, 0.6) is 0 Å². The van der Waals surface area contributed by atoms with E-state index in [2.05, 4.69) is 30.2 Å². The fraction of sp³-hybridized carbons (Fsp3) is 0.438. The van der Waals surface area contributed by atoms with Crippen LogP contribution in [0.3, 0.4) is 0 Å². The van der Waals surface area contributed by atoms with Crippen molar-refractivity contribution >= 4 is 17.2 Å². The molecular weight excluding hydrogens is 340 g/mol. The molecule has 1 aliphatic heterocycles. The maximum Gasteiger partial charge on any atom is 0.226 e. The zero-order valence-corrected chi connectivity index (χ0v) is 14.5. The van der Waals surface area contributed by atoms with Gasteiger partial charge in [-0.2, -0.15) is 4.98 Å². The minimum absolute atomic E-state index is 0.00616. The molecule has 9 heteroatoms. The number of aryl methyl sites for hydroxylation is 2. The minimum atomic E-state index is -0.00616. The lowest BCUT2D eigenvalue weighted by Crippen LogP contribution is -2.24. The van der Waals surface area contributed by atoms with Crippen LogP contribution in [0.1, 0.15) is 36.8 Å². The van der Waals surface area contributed by atoms with Crippen LogP contribution in [0.25, 0.3) is 10.7 Å². The predicted octanol–water partition coefficient (Wildman–Crippen LogP) is 1.97. The van der Waals surface area contributed by atoms with Crippen LogP contribution in [-0.2, 0) is 30.7 Å². The van der Waals surface area contributed by atoms with E-state index in [1.807, 2.05) is 17.5 Å². The van der Waals surface area contributed by atoms with Crippen molar-refractivity contribution in [3.8, 4) is 10.7 Å². The summed E-state index contributed by atoms with van der Waals surface area (Å²) in [6, 6.07) is 3.90. The minimum Gasteiger partial charge on any atom is -0.349 e. The Hall–Kier alpha value is -2.55. The summed E-state index contributed by atoms with van der Waals surface area (Å²) < 4.78 is 7.32. The van der Waals surface area contributed by atoms with E-state index >= 15 is 0 Å². The number of thiophene rings is 1. The van der Waals surface area contributed by atoms with E-state index in [1.165, 1.54) is 0 Å². The molecule has 0 saturated heterocycles. The number of fused-ring (bicyclic) bond motifs is 1. The molecule has 4 heterocycles. The van der Waals surface area contributed by atoms with Crippen molar-refractivity contribution in [3.63, 3.8) is 0 Å². The fourth-order valence-electron chi connectivity index (χ4n) is 2.87. The molecule has 3 aromatic rings. The third kappa shape index (κ3) is 3.60. The highest BCUT2D eigenvalue weighted by Gasteiger charge is 2.17. The first-order chi connectivity index (χ1) is 12.3. The van der Waals surface area contributed by atoms with Gasteiger partial charge in [0.2, 0.25) is 17.6 Å². The molecule has 0 bridgehead atoms. The van der Waals surface area contributed by atoms with Crippen LogP contribution in [0, 0.1) is 0 Å². The first-order valence-corrected chi connectivity index (χ1v) is 9.21. The molecule has 8 nitrogen and oxygen atoms in total. The van der Waals surface area contributed by atoms with Gasteiger partial charge < -0.3 is 14.4 Å². The van der Waals surface area contributed by atoms with Gasteiger partial charge in [-0.25, -0.2) is 0 Å². The number of carbonyl (C=O) groups is 1. The Morgan fingerprint density at radius 1 is 1.40 bits per heavy atom. The van der Waals surface area contributed by atoms with Crippen molar-refractivity contribution in [3.05, 3.63) is 35.1 Å². The van der Waals surface area contributed by atoms with Gasteiger partial charge in [0, 0.05) is 25.8 Å². The molecule has 25 heavy (non-hydrogen) atoms. The molecule has 130 valence electrons. The number of rotatable bonds is 7.